The van der Waals surface area contributed by atoms with Crippen molar-refractivity contribution in [2.75, 3.05) is 6.61 Å². The first-order valence-electron chi connectivity index (χ1n) is 7.41. The molecule has 1 nitrogen and oxygen atoms in total. The summed E-state index contributed by atoms with van der Waals surface area (Å²) in [4.78, 5) is 0. The summed E-state index contributed by atoms with van der Waals surface area (Å²) in [7, 11) is 0. The highest BCUT2D eigenvalue weighted by Crippen LogP contribution is 2.23. The molecule has 110 valence electrons. The van der Waals surface area contributed by atoms with E-state index in [-0.39, 0.29) is 0 Å². The minimum Gasteiger partial charge on any atom is -0.494 e. The number of rotatable bonds is 7. The molecule has 2 heteroatoms. The molecule has 0 saturated carbocycles. The third-order valence-electron chi connectivity index (χ3n) is 3.30. The van der Waals surface area contributed by atoms with E-state index in [1.54, 1.807) is 6.08 Å². The monoisotopic (exact) mass is 284 g/mol. The van der Waals surface area contributed by atoms with Crippen molar-refractivity contribution in [3.05, 3.63) is 66.5 Å². The van der Waals surface area contributed by atoms with Gasteiger partial charge in [0.15, 0.2) is 0 Å². The highest BCUT2D eigenvalue weighted by Gasteiger charge is 1.99. The minimum atomic E-state index is 0.608. The first-order valence-corrected chi connectivity index (χ1v) is 7.41. The smallest absolute Gasteiger partial charge is 0.119 e. The Hall–Kier alpha value is -2.09. The molecule has 0 bridgehead atoms. The Balaban J connectivity index is 2.01. The van der Waals surface area contributed by atoms with Gasteiger partial charge < -0.3 is 4.74 Å². The minimum absolute atomic E-state index is 0.608. The molecular weight excluding hydrogens is 263 g/mol. The summed E-state index contributed by atoms with van der Waals surface area (Å²) in [5.74, 6) is 0.912. The summed E-state index contributed by atoms with van der Waals surface area (Å²) in [6.45, 7) is 2.85. The lowest BCUT2D eigenvalue weighted by molar-refractivity contribution is 0.317. The molecular formula is C19H21FO. The van der Waals surface area contributed by atoms with Gasteiger partial charge in [0.05, 0.1) is 12.9 Å². The van der Waals surface area contributed by atoms with Crippen LogP contribution in [-0.2, 0) is 6.42 Å². The number of halogens is 1. The Morgan fingerprint density at radius 2 is 1.57 bits per heavy atom. The van der Waals surface area contributed by atoms with E-state index in [4.69, 9.17) is 4.74 Å². The zero-order valence-electron chi connectivity index (χ0n) is 12.4. The van der Waals surface area contributed by atoms with Gasteiger partial charge in [0.25, 0.3) is 0 Å². The molecule has 2 rings (SSSR count). The van der Waals surface area contributed by atoms with E-state index < -0.39 is 0 Å². The number of ether oxygens (including phenoxy) is 1. The molecule has 0 amide bonds. The van der Waals surface area contributed by atoms with E-state index in [1.165, 1.54) is 16.7 Å². The summed E-state index contributed by atoms with van der Waals surface area (Å²) >= 11 is 0. The SMILES string of the molecule is CCCOc1ccc(-c2ccc(CCC=CF)cc2)cc1. The molecule has 0 aliphatic heterocycles. The Morgan fingerprint density at radius 1 is 0.952 bits per heavy atom. The van der Waals surface area contributed by atoms with Crippen LogP contribution in [0, 0.1) is 0 Å². The zero-order valence-corrected chi connectivity index (χ0v) is 12.4. The van der Waals surface area contributed by atoms with Crippen LogP contribution in [0.5, 0.6) is 5.75 Å². The summed E-state index contributed by atoms with van der Waals surface area (Å²) in [5, 5.41) is 0. The van der Waals surface area contributed by atoms with Crippen molar-refractivity contribution in [1.82, 2.24) is 0 Å². The standard InChI is InChI=1S/C19H21FO/c1-2-15-21-19-12-10-18(11-13-19)17-8-6-16(7-9-17)5-3-4-14-20/h4,6-14H,2-3,5,15H2,1H3. The lowest BCUT2D eigenvalue weighted by Gasteiger charge is -2.07. The highest BCUT2D eigenvalue weighted by molar-refractivity contribution is 5.64. The highest BCUT2D eigenvalue weighted by atomic mass is 19.1. The third-order valence-corrected chi connectivity index (χ3v) is 3.30. The molecule has 0 radical (unpaired) electrons. The van der Waals surface area contributed by atoms with E-state index in [1.807, 2.05) is 12.1 Å². The molecule has 0 aliphatic rings. The van der Waals surface area contributed by atoms with E-state index in [2.05, 4.69) is 43.3 Å². The molecule has 2 aromatic carbocycles. The van der Waals surface area contributed by atoms with E-state index >= 15 is 0 Å². The van der Waals surface area contributed by atoms with Crippen LogP contribution in [0.2, 0.25) is 0 Å². The number of hydrogen-bond donors (Lipinski definition) is 0. The predicted molar refractivity (Wildman–Crippen MR) is 86.2 cm³/mol. The maximum Gasteiger partial charge on any atom is 0.119 e. The van der Waals surface area contributed by atoms with E-state index in [9.17, 15) is 4.39 Å². The second kappa shape index (κ2) is 8.25. The quantitative estimate of drug-likeness (QED) is 0.647. The molecule has 0 heterocycles. The van der Waals surface area contributed by atoms with Crippen molar-refractivity contribution < 1.29 is 9.13 Å². The summed E-state index contributed by atoms with van der Waals surface area (Å²) in [6.07, 6.45) is 4.77. The third kappa shape index (κ3) is 4.75. The van der Waals surface area contributed by atoms with Gasteiger partial charge >= 0.3 is 0 Å². The van der Waals surface area contributed by atoms with Crippen LogP contribution in [-0.4, -0.2) is 6.61 Å². The molecule has 21 heavy (non-hydrogen) atoms. The predicted octanol–water partition coefficient (Wildman–Crippen LogP) is 5.56. The van der Waals surface area contributed by atoms with E-state index in [0.29, 0.717) is 6.33 Å². The summed E-state index contributed by atoms with van der Waals surface area (Å²) < 4.78 is 17.5. The summed E-state index contributed by atoms with van der Waals surface area (Å²) in [6, 6.07) is 16.6. The Morgan fingerprint density at radius 3 is 2.14 bits per heavy atom. The maximum absolute atomic E-state index is 11.9. The van der Waals surface area contributed by atoms with Gasteiger partial charge in [-0.2, -0.15) is 0 Å². The van der Waals surface area contributed by atoms with Crippen LogP contribution in [0.15, 0.2) is 60.9 Å². The number of hydrogen-bond acceptors (Lipinski definition) is 1. The first-order chi connectivity index (χ1) is 10.3. The van der Waals surface area contributed by atoms with Crippen molar-refractivity contribution in [2.24, 2.45) is 0 Å². The number of benzene rings is 2. The van der Waals surface area contributed by atoms with E-state index in [0.717, 1.165) is 31.6 Å². The van der Waals surface area contributed by atoms with Gasteiger partial charge in [0.2, 0.25) is 0 Å². The van der Waals surface area contributed by atoms with Crippen LogP contribution < -0.4 is 4.74 Å². The van der Waals surface area contributed by atoms with Gasteiger partial charge in [-0.25, -0.2) is 4.39 Å². The molecule has 2 aromatic rings. The topological polar surface area (TPSA) is 9.23 Å². The second-order valence-corrected chi connectivity index (χ2v) is 4.97. The molecule has 0 fully saturated rings. The van der Waals surface area contributed by atoms with Crippen LogP contribution in [0.4, 0.5) is 4.39 Å². The van der Waals surface area contributed by atoms with Crippen molar-refractivity contribution >= 4 is 0 Å². The van der Waals surface area contributed by atoms with Crippen molar-refractivity contribution in [3.63, 3.8) is 0 Å². The lowest BCUT2D eigenvalue weighted by atomic mass is 10.0. The van der Waals surface area contributed by atoms with Crippen molar-refractivity contribution in [2.45, 2.75) is 26.2 Å². The van der Waals surface area contributed by atoms with Crippen LogP contribution >= 0.6 is 0 Å². The lowest BCUT2D eigenvalue weighted by Crippen LogP contribution is -1.94. The fraction of sp³-hybridized carbons (Fsp3) is 0.263. The number of allylic oxidation sites excluding steroid dienone is 1. The maximum atomic E-state index is 11.9. The molecule has 0 N–H and O–H groups in total. The van der Waals surface area contributed by atoms with Crippen LogP contribution in [0.25, 0.3) is 11.1 Å². The molecule has 0 saturated heterocycles. The molecule has 0 aromatic heterocycles. The van der Waals surface area contributed by atoms with Crippen molar-refractivity contribution in [3.8, 4) is 16.9 Å². The van der Waals surface area contributed by atoms with Gasteiger partial charge in [0, 0.05) is 0 Å². The van der Waals surface area contributed by atoms with Crippen LogP contribution in [0.1, 0.15) is 25.3 Å². The van der Waals surface area contributed by atoms with Gasteiger partial charge in [-0.15, -0.1) is 0 Å². The molecule has 0 aliphatic carbocycles. The first kappa shape index (κ1) is 15.3. The van der Waals surface area contributed by atoms with Gasteiger partial charge in [-0.3, -0.25) is 0 Å². The average Bonchev–Trinajstić information content (AvgIpc) is 2.54. The Kier molecular flexibility index (Phi) is 6.01. The van der Waals surface area contributed by atoms with Gasteiger partial charge in [-0.1, -0.05) is 49.4 Å². The Bertz CT molecular complexity index is 555. The average molecular weight is 284 g/mol. The number of aryl methyl sites for hydroxylation is 1. The normalized spacial score (nSPS) is 11.0. The van der Waals surface area contributed by atoms with Crippen molar-refractivity contribution in [1.29, 1.82) is 0 Å². The van der Waals surface area contributed by atoms with Gasteiger partial charge in [-0.05, 0) is 48.1 Å². The fourth-order valence-corrected chi connectivity index (χ4v) is 2.14. The Labute approximate surface area is 126 Å². The zero-order chi connectivity index (χ0) is 14.9. The second-order valence-electron chi connectivity index (χ2n) is 4.97. The molecule has 0 unspecified atom stereocenters. The largest absolute Gasteiger partial charge is 0.494 e. The van der Waals surface area contributed by atoms with Crippen LogP contribution in [0.3, 0.4) is 0 Å². The fourth-order valence-electron chi connectivity index (χ4n) is 2.14. The molecule has 0 atom stereocenters. The summed E-state index contributed by atoms with van der Waals surface area (Å²) in [5.41, 5.74) is 3.58. The van der Waals surface area contributed by atoms with Gasteiger partial charge in [0.1, 0.15) is 5.75 Å². The molecule has 0 spiro atoms.